The van der Waals surface area contributed by atoms with Gasteiger partial charge in [-0.25, -0.2) is 0 Å². The predicted octanol–water partition coefficient (Wildman–Crippen LogP) is 6.73. The molecule has 0 radical (unpaired) electrons. The Hall–Kier alpha value is -3.79. The minimum absolute atomic E-state index is 0.0271. The van der Waals surface area contributed by atoms with E-state index in [0.717, 1.165) is 17.0 Å². The van der Waals surface area contributed by atoms with Gasteiger partial charge in [-0.3, -0.25) is 14.5 Å². The smallest absolute Gasteiger partial charge is 0.416 e. The Morgan fingerprint density at radius 2 is 1.81 bits per heavy atom. The highest BCUT2D eigenvalue weighted by Crippen LogP contribution is 2.44. The van der Waals surface area contributed by atoms with Crippen molar-refractivity contribution in [2.24, 2.45) is 0 Å². The molecule has 0 bridgehead atoms. The van der Waals surface area contributed by atoms with Crippen molar-refractivity contribution in [3.05, 3.63) is 97.8 Å². The fourth-order valence-corrected chi connectivity index (χ4v) is 4.85. The number of methoxy groups -OCH3 is 1. The standard InChI is InChI=1S/C27H19BrF3NO5/c1-3-36-20-9-7-14(11-21(20)35-2)23-22-24(33)18-13-16(28)8-10-19(18)37-25(22)26(34)32(23)17-6-4-5-15(12-17)27(29,30)31/h4-13,23H,3H2,1-2H3. The van der Waals surface area contributed by atoms with Crippen LogP contribution in [0, 0.1) is 0 Å². The van der Waals surface area contributed by atoms with Gasteiger partial charge in [0.15, 0.2) is 16.9 Å². The normalized spacial score (nSPS) is 15.2. The molecule has 190 valence electrons. The number of alkyl halides is 3. The minimum atomic E-state index is -4.63. The average Bonchev–Trinajstić information content (AvgIpc) is 3.17. The van der Waals surface area contributed by atoms with Crippen LogP contribution in [-0.2, 0) is 6.18 Å². The molecule has 6 nitrogen and oxygen atoms in total. The van der Waals surface area contributed by atoms with Crippen LogP contribution in [0.15, 0.2) is 74.3 Å². The van der Waals surface area contributed by atoms with Gasteiger partial charge in [0.2, 0.25) is 5.76 Å². The molecule has 1 unspecified atom stereocenters. The number of hydrogen-bond donors (Lipinski definition) is 0. The molecule has 0 fully saturated rings. The second-order valence-electron chi connectivity index (χ2n) is 8.28. The fraction of sp³-hybridized carbons (Fsp3) is 0.185. The van der Waals surface area contributed by atoms with Crippen molar-refractivity contribution in [2.75, 3.05) is 18.6 Å². The second kappa shape index (κ2) is 9.26. The number of ether oxygens (including phenoxy) is 2. The first-order chi connectivity index (χ1) is 17.6. The van der Waals surface area contributed by atoms with Crippen LogP contribution in [0.25, 0.3) is 11.0 Å². The van der Waals surface area contributed by atoms with E-state index in [0.29, 0.717) is 28.1 Å². The van der Waals surface area contributed by atoms with E-state index in [2.05, 4.69) is 15.9 Å². The van der Waals surface area contributed by atoms with Crippen molar-refractivity contribution < 1.29 is 31.9 Å². The summed E-state index contributed by atoms with van der Waals surface area (Å²) in [7, 11) is 1.44. The maximum absolute atomic E-state index is 13.7. The monoisotopic (exact) mass is 573 g/mol. The molecule has 0 aliphatic carbocycles. The van der Waals surface area contributed by atoms with Crippen molar-refractivity contribution in [3.8, 4) is 11.5 Å². The topological polar surface area (TPSA) is 69.0 Å². The second-order valence-corrected chi connectivity index (χ2v) is 9.20. The van der Waals surface area contributed by atoms with E-state index >= 15 is 0 Å². The highest BCUT2D eigenvalue weighted by atomic mass is 79.9. The first kappa shape index (κ1) is 24.9. The zero-order valence-corrected chi connectivity index (χ0v) is 21.1. The molecule has 10 heteroatoms. The number of carbonyl (C=O) groups excluding carboxylic acids is 1. The highest BCUT2D eigenvalue weighted by Gasteiger charge is 2.44. The lowest BCUT2D eigenvalue weighted by Gasteiger charge is -2.26. The minimum Gasteiger partial charge on any atom is -0.493 e. The quantitative estimate of drug-likeness (QED) is 0.265. The molecule has 0 saturated heterocycles. The van der Waals surface area contributed by atoms with Crippen LogP contribution in [0.1, 0.15) is 40.2 Å². The van der Waals surface area contributed by atoms with E-state index in [-0.39, 0.29) is 28.0 Å². The van der Waals surface area contributed by atoms with Crippen LogP contribution in [0.5, 0.6) is 11.5 Å². The van der Waals surface area contributed by atoms with Gasteiger partial charge in [0, 0.05) is 10.2 Å². The molecule has 37 heavy (non-hydrogen) atoms. The van der Waals surface area contributed by atoms with E-state index in [9.17, 15) is 22.8 Å². The van der Waals surface area contributed by atoms with E-state index in [1.807, 2.05) is 6.92 Å². The molecule has 0 spiro atoms. The van der Waals surface area contributed by atoms with Crippen molar-refractivity contribution >= 4 is 38.5 Å². The van der Waals surface area contributed by atoms with Crippen molar-refractivity contribution in [3.63, 3.8) is 0 Å². The molecule has 5 rings (SSSR count). The molecule has 2 heterocycles. The van der Waals surface area contributed by atoms with Gasteiger partial charge in [-0.05, 0) is 61.0 Å². The molecule has 1 atom stereocenters. The Morgan fingerprint density at radius 3 is 2.51 bits per heavy atom. The number of halogens is 4. The summed E-state index contributed by atoms with van der Waals surface area (Å²) < 4.78 is 58.1. The van der Waals surface area contributed by atoms with Crippen LogP contribution >= 0.6 is 15.9 Å². The lowest BCUT2D eigenvalue weighted by Crippen LogP contribution is -2.29. The van der Waals surface area contributed by atoms with Gasteiger partial charge >= 0.3 is 6.18 Å². The first-order valence-corrected chi connectivity index (χ1v) is 12.0. The largest absolute Gasteiger partial charge is 0.493 e. The van der Waals surface area contributed by atoms with Gasteiger partial charge in [0.25, 0.3) is 5.91 Å². The van der Waals surface area contributed by atoms with Crippen molar-refractivity contribution in [2.45, 2.75) is 19.1 Å². The summed E-state index contributed by atoms with van der Waals surface area (Å²) >= 11 is 3.34. The summed E-state index contributed by atoms with van der Waals surface area (Å²) in [6.07, 6.45) is -4.63. The van der Waals surface area contributed by atoms with Gasteiger partial charge in [0.1, 0.15) is 5.58 Å². The van der Waals surface area contributed by atoms with Crippen molar-refractivity contribution in [1.29, 1.82) is 0 Å². The maximum atomic E-state index is 13.7. The first-order valence-electron chi connectivity index (χ1n) is 11.2. The van der Waals surface area contributed by atoms with Gasteiger partial charge < -0.3 is 13.9 Å². The van der Waals surface area contributed by atoms with Crippen LogP contribution in [0.2, 0.25) is 0 Å². The SMILES string of the molecule is CCOc1ccc(C2c3c(oc4ccc(Br)cc4c3=O)C(=O)N2c2cccc(C(F)(F)F)c2)cc1OC. The summed E-state index contributed by atoms with van der Waals surface area (Å²) in [5.74, 6) is -0.167. The van der Waals surface area contributed by atoms with Crippen LogP contribution in [0.4, 0.5) is 18.9 Å². The molecule has 4 aromatic rings. The number of amides is 1. The van der Waals surface area contributed by atoms with E-state index in [1.54, 1.807) is 36.4 Å². The van der Waals surface area contributed by atoms with Crippen molar-refractivity contribution in [1.82, 2.24) is 0 Å². The summed E-state index contributed by atoms with van der Waals surface area (Å²) in [5.41, 5.74) is -0.767. The third-order valence-corrected chi connectivity index (χ3v) is 6.58. The van der Waals surface area contributed by atoms with Gasteiger partial charge in [-0.2, -0.15) is 13.2 Å². The van der Waals surface area contributed by atoms with E-state index < -0.39 is 29.1 Å². The molecule has 1 aromatic heterocycles. The Kier molecular flexibility index (Phi) is 6.23. The van der Waals surface area contributed by atoms with Gasteiger partial charge in [0.05, 0.1) is 36.3 Å². The molecular formula is C27H19BrF3NO5. The zero-order chi connectivity index (χ0) is 26.5. The molecule has 1 aliphatic heterocycles. The Labute approximate surface area is 217 Å². The summed E-state index contributed by atoms with van der Waals surface area (Å²) in [4.78, 5) is 28.6. The van der Waals surface area contributed by atoms with Gasteiger partial charge in [-0.1, -0.05) is 28.1 Å². The lowest BCUT2D eigenvalue weighted by molar-refractivity contribution is -0.137. The van der Waals surface area contributed by atoms with E-state index in [1.165, 1.54) is 19.2 Å². The summed E-state index contributed by atoms with van der Waals surface area (Å²) in [6.45, 7) is 2.18. The zero-order valence-electron chi connectivity index (χ0n) is 19.6. The predicted molar refractivity (Wildman–Crippen MR) is 134 cm³/mol. The van der Waals surface area contributed by atoms with Crippen LogP contribution < -0.4 is 19.8 Å². The molecule has 1 aliphatic rings. The molecular weight excluding hydrogens is 555 g/mol. The fourth-order valence-electron chi connectivity index (χ4n) is 4.49. The number of hydrogen-bond acceptors (Lipinski definition) is 5. The van der Waals surface area contributed by atoms with Crippen LogP contribution in [-0.4, -0.2) is 19.6 Å². The number of benzene rings is 3. The number of anilines is 1. The number of nitrogens with zero attached hydrogens (tertiary/aromatic N) is 1. The third-order valence-electron chi connectivity index (χ3n) is 6.09. The third kappa shape index (κ3) is 4.25. The van der Waals surface area contributed by atoms with E-state index in [4.69, 9.17) is 13.9 Å². The molecule has 0 saturated carbocycles. The highest BCUT2D eigenvalue weighted by molar-refractivity contribution is 9.10. The summed E-state index contributed by atoms with van der Waals surface area (Å²) in [5, 5.41) is 0.231. The Balaban J connectivity index is 1.79. The number of fused-ring (bicyclic) bond motifs is 2. The Morgan fingerprint density at radius 1 is 1.03 bits per heavy atom. The Bertz CT molecular complexity index is 1600. The molecule has 3 aromatic carbocycles. The lowest BCUT2D eigenvalue weighted by atomic mass is 9.97. The number of carbonyl (C=O) groups is 1. The molecule has 1 amide bonds. The average molecular weight is 574 g/mol. The summed E-state index contributed by atoms with van der Waals surface area (Å²) in [6, 6.07) is 13.0. The van der Waals surface area contributed by atoms with Crippen LogP contribution in [0.3, 0.4) is 0 Å². The molecule has 0 N–H and O–H groups in total. The van der Waals surface area contributed by atoms with Gasteiger partial charge in [-0.15, -0.1) is 0 Å². The number of rotatable bonds is 5. The maximum Gasteiger partial charge on any atom is 0.416 e.